The molecule has 624 valence electrons. The van der Waals surface area contributed by atoms with E-state index in [2.05, 4.69) is 52.7 Å². The SMILES string of the molecule is CN1CCC23c4c5ccc(CO)c4OC2C(=O)C=C[C@@]3(O)C1C5.CN1CCC23c4c5ccc(CO)c4OC2C(=O)CC[C@@]3(O)C1C5.CN1CCC23c4c5ccc(CO)c4OC2C(=O)CC[C@@]3(O)C1C5.CN1CCC23c4c5ccc(CO)c4OC2C(=O)CC[C@@]3(O)C1C5.CN1CCC23c4c5ccc(CO)c4OC2C(=O)CC[C@@]3(O)C1C5.Cl.Cl. The number of aliphatic hydroxyl groups is 10. The summed E-state index contributed by atoms with van der Waals surface area (Å²) in [4.78, 5) is 74.2. The van der Waals surface area contributed by atoms with Gasteiger partial charge in [0.1, 0.15) is 34.3 Å². The van der Waals surface area contributed by atoms with Gasteiger partial charge in [0.15, 0.2) is 59.4 Å². The summed E-state index contributed by atoms with van der Waals surface area (Å²) in [5, 5.41) is 107. The Morgan fingerprint density at radius 1 is 0.316 bits per heavy atom. The van der Waals surface area contributed by atoms with Crippen LogP contribution in [0.4, 0.5) is 0 Å². The maximum absolute atomic E-state index is 12.6. The van der Waals surface area contributed by atoms with E-state index in [-0.39, 0.29) is 117 Å². The summed E-state index contributed by atoms with van der Waals surface area (Å²) in [6, 6.07) is 19.7. The van der Waals surface area contributed by atoms with Crippen LogP contribution in [0.1, 0.15) is 167 Å². The summed E-state index contributed by atoms with van der Waals surface area (Å²) in [7, 11) is 10.3. The lowest BCUT2D eigenvalue weighted by Gasteiger charge is -2.62. The van der Waals surface area contributed by atoms with Gasteiger partial charge in [-0.05, 0) is 198 Å². The van der Waals surface area contributed by atoms with Gasteiger partial charge in [-0.15, -0.1) is 24.8 Å². The minimum absolute atomic E-state index is 0. The molecule has 10 aliphatic heterocycles. The Morgan fingerprint density at radius 2 is 0.538 bits per heavy atom. The fourth-order valence-corrected chi connectivity index (χ4v) is 28.2. The molecule has 20 aliphatic rings. The molecule has 27 heteroatoms. The van der Waals surface area contributed by atoms with Gasteiger partial charge in [0.25, 0.3) is 0 Å². The number of hydrogen-bond acceptors (Lipinski definition) is 25. The first-order chi connectivity index (χ1) is 55.1. The number of piperidine rings is 5. The number of aliphatic hydroxyl groups excluding tert-OH is 5. The normalized spacial score (nSPS) is 39.9. The average molecular weight is 1650 g/mol. The Kier molecular flexibility index (Phi) is 18.3. The molecule has 10 heterocycles. The number of rotatable bonds is 5. The zero-order valence-electron chi connectivity index (χ0n) is 66.6. The lowest BCUT2D eigenvalue weighted by Crippen LogP contribution is -2.76. The van der Waals surface area contributed by atoms with Crippen LogP contribution in [0, 0.1) is 0 Å². The predicted octanol–water partition coefficient (Wildman–Crippen LogP) is 3.28. The van der Waals surface area contributed by atoms with Gasteiger partial charge >= 0.3 is 0 Å². The Morgan fingerprint density at radius 3 is 0.795 bits per heavy atom. The van der Waals surface area contributed by atoms with Crippen LogP contribution in [0.25, 0.3) is 0 Å². The van der Waals surface area contributed by atoms with E-state index in [9.17, 15) is 75.0 Å². The second kappa shape index (κ2) is 26.8. The molecule has 5 aromatic carbocycles. The molecule has 0 amide bonds. The molecule has 10 N–H and O–H groups in total. The largest absolute Gasteiger partial charge is 0.481 e. The Labute approximate surface area is 690 Å². The summed E-state index contributed by atoms with van der Waals surface area (Å²) in [5.74, 6) is 3.52. The van der Waals surface area contributed by atoms with Crippen molar-refractivity contribution in [2.75, 3.05) is 68.0 Å². The van der Waals surface area contributed by atoms with Crippen molar-refractivity contribution in [3.8, 4) is 28.7 Å². The number of hydrogen-bond donors (Lipinski definition) is 10. The third kappa shape index (κ3) is 9.51. The third-order valence-electron chi connectivity index (χ3n) is 33.6. The van der Waals surface area contributed by atoms with Gasteiger partial charge in [-0.3, -0.25) is 28.9 Å². The molecule has 117 heavy (non-hydrogen) atoms. The third-order valence-corrected chi connectivity index (χ3v) is 33.6. The van der Waals surface area contributed by atoms with Crippen LogP contribution < -0.4 is 23.7 Å². The first-order valence-corrected chi connectivity index (χ1v) is 41.7. The van der Waals surface area contributed by atoms with Crippen molar-refractivity contribution in [3.05, 3.63) is 156 Å². The highest BCUT2D eigenvalue weighted by atomic mass is 35.5. The molecule has 10 aliphatic carbocycles. The van der Waals surface area contributed by atoms with E-state index >= 15 is 0 Å². The molecule has 4 saturated carbocycles. The highest BCUT2D eigenvalue weighted by Gasteiger charge is 2.78. The van der Waals surface area contributed by atoms with Gasteiger partial charge < -0.3 is 94.3 Å². The van der Waals surface area contributed by atoms with Gasteiger partial charge in [0, 0.05) is 112 Å². The number of carbonyl (C=O) groups is 5. The summed E-state index contributed by atoms with van der Waals surface area (Å²) in [6.07, 6.45) is 10.9. The van der Waals surface area contributed by atoms with Gasteiger partial charge in [-0.2, -0.15) is 0 Å². The van der Waals surface area contributed by atoms with Gasteiger partial charge in [-0.1, -0.05) is 60.7 Å². The molecule has 10 bridgehead atoms. The Hall–Kier alpha value is -6.83. The van der Waals surface area contributed by atoms with Crippen molar-refractivity contribution < 1.29 is 98.7 Å². The van der Waals surface area contributed by atoms with E-state index in [1.54, 1.807) is 6.08 Å². The van der Waals surface area contributed by atoms with Crippen LogP contribution in [0.5, 0.6) is 28.7 Å². The highest BCUT2D eigenvalue weighted by molar-refractivity contribution is 5.99. The number of benzene rings is 5. The minimum atomic E-state index is -1.11. The molecular formula is C90H105Cl2N5O20. The summed E-state index contributed by atoms with van der Waals surface area (Å²) >= 11 is 0. The number of likely N-dealkylation sites (tertiary alicyclic amines) is 5. The van der Waals surface area contributed by atoms with E-state index in [1.807, 2.05) is 67.7 Å². The Bertz CT molecular complexity index is 4640. The first-order valence-electron chi connectivity index (χ1n) is 41.7. The number of ether oxygens (including phenoxy) is 5. The molecule has 15 unspecified atom stereocenters. The highest BCUT2D eigenvalue weighted by Crippen LogP contribution is 2.70. The van der Waals surface area contributed by atoms with Crippen LogP contribution in [0.2, 0.25) is 0 Å². The molecule has 25 nitrogen and oxygen atoms in total. The monoisotopic (exact) mass is 1650 g/mol. The molecule has 25 rings (SSSR count). The van der Waals surface area contributed by atoms with Crippen molar-refractivity contribution in [1.29, 1.82) is 0 Å². The fraction of sp³-hybridized carbons (Fsp3) is 0.589. The zero-order valence-corrected chi connectivity index (χ0v) is 68.2. The van der Waals surface area contributed by atoms with Crippen molar-refractivity contribution in [3.63, 3.8) is 0 Å². The molecule has 0 aromatic heterocycles. The average Bonchev–Trinajstić information content (AvgIpc) is 1.58. The number of halogens is 2. The van der Waals surface area contributed by atoms with E-state index in [0.717, 1.165) is 168 Å². The van der Waals surface area contributed by atoms with Crippen molar-refractivity contribution in [1.82, 2.24) is 24.5 Å². The smallest absolute Gasteiger partial charge is 0.196 e. The quantitative estimate of drug-likeness (QED) is 0.121. The van der Waals surface area contributed by atoms with E-state index in [0.29, 0.717) is 92.1 Å². The number of nitrogens with zero attached hydrogens (tertiary/aromatic N) is 5. The van der Waals surface area contributed by atoms with Gasteiger partial charge in [0.05, 0.1) is 82.5 Å². The number of likely N-dealkylation sites (N-methyl/N-ethyl adjacent to an activating group) is 5. The summed E-state index contributed by atoms with van der Waals surface area (Å²) in [5.41, 5.74) is 6.30. The van der Waals surface area contributed by atoms with Crippen LogP contribution in [0.3, 0.4) is 0 Å². The second-order valence-corrected chi connectivity index (χ2v) is 37.5. The van der Waals surface area contributed by atoms with Gasteiger partial charge in [0.2, 0.25) is 0 Å². The van der Waals surface area contributed by atoms with E-state index < -0.39 is 85.6 Å². The van der Waals surface area contributed by atoms with Crippen molar-refractivity contribution >= 4 is 53.7 Å². The molecule has 20 atom stereocenters. The van der Waals surface area contributed by atoms with Crippen LogP contribution in [-0.4, -0.2) is 261 Å². The maximum atomic E-state index is 12.6. The molecule has 0 radical (unpaired) electrons. The molecule has 5 saturated heterocycles. The zero-order chi connectivity index (χ0) is 79.9. The van der Waals surface area contributed by atoms with E-state index in [1.165, 1.54) is 6.08 Å². The Balaban J connectivity index is 0.0000000969. The van der Waals surface area contributed by atoms with Crippen molar-refractivity contribution in [2.24, 2.45) is 0 Å². The second-order valence-electron chi connectivity index (χ2n) is 37.5. The summed E-state index contributed by atoms with van der Waals surface area (Å²) in [6.45, 7) is 3.64. The lowest BCUT2D eigenvalue weighted by molar-refractivity contribution is -0.185. The van der Waals surface area contributed by atoms with E-state index in [4.69, 9.17) is 23.7 Å². The van der Waals surface area contributed by atoms with Crippen LogP contribution in [-0.2, 0) is 116 Å². The topological polar surface area (TPSA) is 350 Å². The number of Topliss-reactive ketones (excluding diaryl/α,β-unsaturated/α-hetero) is 4. The molecule has 5 spiro atoms. The van der Waals surface area contributed by atoms with Crippen molar-refractivity contribution in [2.45, 2.75) is 264 Å². The molecule has 9 fully saturated rings. The number of ketones is 5. The predicted molar refractivity (Wildman–Crippen MR) is 426 cm³/mol. The molecule has 5 aromatic rings. The fourth-order valence-electron chi connectivity index (χ4n) is 28.2. The minimum Gasteiger partial charge on any atom is -0.481 e. The first kappa shape index (κ1) is 79.9. The standard InChI is InChI=1S/4C18H21NO4.C18H19NO4.2ClH/c5*1-19-7-6-17-14-10-2-3-11(9-20)15(14)23-16(17)12(21)4-5-18(17,22)13(19)8-10;;/h4*2-3,13,16,20,22H,4-9H2,1H3;2-5,13,16,20,22H,6-9H2,1H3;2*1H/t5*13?,16?,17?,18-;;/m11111../s1. The van der Waals surface area contributed by atoms with Crippen LogP contribution >= 0.6 is 24.8 Å². The number of carbonyl (C=O) groups excluding carboxylic acids is 5. The summed E-state index contributed by atoms with van der Waals surface area (Å²) < 4.78 is 30.6. The van der Waals surface area contributed by atoms with Gasteiger partial charge in [-0.25, -0.2) is 0 Å². The molecular weight excluding hydrogens is 1540 g/mol. The van der Waals surface area contributed by atoms with Crippen LogP contribution in [0.15, 0.2) is 72.8 Å². The maximum Gasteiger partial charge on any atom is 0.196 e. The lowest BCUT2D eigenvalue weighted by atomic mass is 9.49.